The number of hydrogen-bond donors (Lipinski definition) is 0. The van der Waals surface area contributed by atoms with E-state index in [9.17, 15) is 4.79 Å². The van der Waals surface area contributed by atoms with Gasteiger partial charge in [-0.05, 0) is 74.9 Å². The van der Waals surface area contributed by atoms with Crippen molar-refractivity contribution in [1.29, 1.82) is 0 Å². The summed E-state index contributed by atoms with van der Waals surface area (Å²) < 4.78 is 7.71. The van der Waals surface area contributed by atoms with Gasteiger partial charge in [0.25, 0.3) is 5.56 Å². The van der Waals surface area contributed by atoms with Crippen molar-refractivity contribution in [3.8, 4) is 17.1 Å². The number of aryl methyl sites for hydroxylation is 3. The highest BCUT2D eigenvalue weighted by Crippen LogP contribution is 2.35. The van der Waals surface area contributed by atoms with Gasteiger partial charge in [-0.25, -0.2) is 4.98 Å². The zero-order valence-electron chi connectivity index (χ0n) is 18.1. The van der Waals surface area contributed by atoms with Crippen molar-refractivity contribution in [2.45, 2.75) is 45.6 Å². The predicted molar refractivity (Wildman–Crippen MR) is 132 cm³/mol. The highest BCUT2D eigenvalue weighted by Gasteiger charge is 2.22. The quantitative estimate of drug-likeness (QED) is 0.308. The van der Waals surface area contributed by atoms with E-state index in [-0.39, 0.29) is 5.56 Å². The van der Waals surface area contributed by atoms with Crippen LogP contribution >= 0.6 is 22.9 Å². The van der Waals surface area contributed by atoms with Crippen LogP contribution < -0.4 is 10.3 Å². The first kappa shape index (κ1) is 21.2. The van der Waals surface area contributed by atoms with Gasteiger partial charge in [-0.2, -0.15) is 0 Å². The van der Waals surface area contributed by atoms with Crippen molar-refractivity contribution in [2.24, 2.45) is 0 Å². The van der Waals surface area contributed by atoms with Gasteiger partial charge in [-0.15, -0.1) is 11.3 Å². The van der Waals surface area contributed by atoms with Crippen LogP contribution in [0.25, 0.3) is 21.6 Å². The molecule has 0 atom stereocenters. The van der Waals surface area contributed by atoms with Crippen LogP contribution in [0.2, 0.25) is 5.02 Å². The molecular weight excluding hydrogens is 440 g/mol. The van der Waals surface area contributed by atoms with Gasteiger partial charge in [0.15, 0.2) is 0 Å². The number of thiophene rings is 1. The number of halogens is 1. The van der Waals surface area contributed by atoms with Crippen LogP contribution in [0.3, 0.4) is 0 Å². The summed E-state index contributed by atoms with van der Waals surface area (Å²) in [4.78, 5) is 21.0. The second-order valence-electron chi connectivity index (χ2n) is 8.31. The molecule has 0 N–H and O–H groups in total. The Hall–Kier alpha value is -2.63. The van der Waals surface area contributed by atoms with Crippen LogP contribution in [0.1, 0.15) is 35.3 Å². The summed E-state index contributed by atoms with van der Waals surface area (Å²) >= 11 is 7.65. The summed E-state index contributed by atoms with van der Waals surface area (Å²) in [6.45, 7) is 3.14. The minimum absolute atomic E-state index is 0.0809. The van der Waals surface area contributed by atoms with Crippen molar-refractivity contribution in [1.82, 2.24) is 9.55 Å². The maximum absolute atomic E-state index is 13.7. The van der Waals surface area contributed by atoms with Crippen molar-refractivity contribution in [3.05, 3.63) is 79.9 Å². The molecule has 32 heavy (non-hydrogen) atoms. The largest absolute Gasteiger partial charge is 0.494 e. The third-order valence-corrected chi connectivity index (χ3v) is 7.40. The normalized spacial score (nSPS) is 13.3. The van der Waals surface area contributed by atoms with Gasteiger partial charge in [-0.1, -0.05) is 35.4 Å². The van der Waals surface area contributed by atoms with Gasteiger partial charge < -0.3 is 4.74 Å². The molecular formula is C26H25ClN2O2S. The topological polar surface area (TPSA) is 44.1 Å². The van der Waals surface area contributed by atoms with Crippen LogP contribution in [0.15, 0.2) is 53.3 Å². The molecule has 0 saturated carbocycles. The molecule has 0 amide bonds. The highest BCUT2D eigenvalue weighted by atomic mass is 35.5. The summed E-state index contributed by atoms with van der Waals surface area (Å²) in [6.07, 6.45) is 5.09. The Morgan fingerprint density at radius 1 is 1.12 bits per heavy atom. The third-order valence-electron chi connectivity index (χ3n) is 5.96. The lowest BCUT2D eigenvalue weighted by Crippen LogP contribution is -2.25. The zero-order chi connectivity index (χ0) is 22.1. The maximum atomic E-state index is 13.7. The van der Waals surface area contributed by atoms with E-state index in [1.54, 1.807) is 11.3 Å². The first-order chi connectivity index (χ1) is 15.6. The molecule has 0 aliphatic heterocycles. The number of rotatable bonds is 6. The fourth-order valence-corrected chi connectivity index (χ4v) is 5.77. The molecule has 6 heteroatoms. The lowest BCUT2D eigenvalue weighted by Gasteiger charge is -2.15. The molecule has 0 saturated heterocycles. The molecule has 0 bridgehead atoms. The zero-order valence-corrected chi connectivity index (χ0v) is 19.6. The number of ether oxygens (including phenoxy) is 1. The van der Waals surface area contributed by atoms with Gasteiger partial charge in [0.1, 0.15) is 16.4 Å². The lowest BCUT2D eigenvalue weighted by atomic mass is 9.97. The van der Waals surface area contributed by atoms with Gasteiger partial charge in [0.2, 0.25) is 0 Å². The average molecular weight is 465 g/mol. The van der Waals surface area contributed by atoms with E-state index in [1.165, 1.54) is 16.9 Å². The Morgan fingerprint density at radius 2 is 1.94 bits per heavy atom. The first-order valence-electron chi connectivity index (χ1n) is 11.1. The van der Waals surface area contributed by atoms with E-state index < -0.39 is 0 Å². The summed E-state index contributed by atoms with van der Waals surface area (Å²) in [5.74, 6) is 1.53. The Labute approximate surface area is 196 Å². The SMILES string of the molecule is Cc1cccc(-c2nc3sc4c(c3c(=O)n2CCCOc2ccc(Cl)cc2)CCCC4)c1. The van der Waals surface area contributed by atoms with Crippen LogP contribution in [0.5, 0.6) is 5.75 Å². The van der Waals surface area contributed by atoms with E-state index >= 15 is 0 Å². The molecule has 5 rings (SSSR count). The Balaban J connectivity index is 1.49. The fraction of sp³-hybridized carbons (Fsp3) is 0.308. The molecule has 164 valence electrons. The van der Waals surface area contributed by atoms with E-state index in [4.69, 9.17) is 21.3 Å². The van der Waals surface area contributed by atoms with E-state index in [0.717, 1.165) is 52.2 Å². The lowest BCUT2D eigenvalue weighted by molar-refractivity contribution is 0.301. The summed E-state index contributed by atoms with van der Waals surface area (Å²) in [5, 5.41) is 1.52. The predicted octanol–water partition coefficient (Wildman–Crippen LogP) is 6.43. The molecule has 2 heterocycles. The number of nitrogens with zero attached hydrogens (tertiary/aromatic N) is 2. The van der Waals surface area contributed by atoms with E-state index in [1.807, 2.05) is 41.0 Å². The number of aromatic nitrogens is 2. The molecule has 2 aromatic carbocycles. The molecule has 1 aliphatic rings. The minimum Gasteiger partial charge on any atom is -0.494 e. The molecule has 0 unspecified atom stereocenters. The average Bonchev–Trinajstić information content (AvgIpc) is 3.17. The van der Waals surface area contributed by atoms with E-state index in [0.29, 0.717) is 24.6 Å². The number of fused-ring (bicyclic) bond motifs is 3. The number of benzene rings is 2. The van der Waals surface area contributed by atoms with Crippen LogP contribution in [-0.4, -0.2) is 16.2 Å². The van der Waals surface area contributed by atoms with Crippen molar-refractivity contribution >= 4 is 33.2 Å². The molecule has 0 fully saturated rings. The Morgan fingerprint density at radius 3 is 2.75 bits per heavy atom. The third kappa shape index (κ3) is 4.19. The van der Waals surface area contributed by atoms with Crippen LogP contribution in [0, 0.1) is 6.92 Å². The van der Waals surface area contributed by atoms with Gasteiger partial charge in [0, 0.05) is 22.0 Å². The summed E-state index contributed by atoms with van der Waals surface area (Å²) in [5.41, 5.74) is 3.45. The molecule has 1 aliphatic carbocycles. The van der Waals surface area contributed by atoms with Crippen LogP contribution in [0.4, 0.5) is 0 Å². The fourth-order valence-electron chi connectivity index (χ4n) is 4.39. The standard InChI is InChI=1S/C26H25ClN2O2S/c1-17-6-4-7-18(16-17)24-28-25-23(21-8-2-3-9-22(21)32-25)26(30)29(24)14-5-15-31-20-12-10-19(27)11-13-20/h4,6-7,10-13,16H,2-3,5,8-9,14-15H2,1H3. The smallest absolute Gasteiger partial charge is 0.262 e. The van der Waals surface area contributed by atoms with Crippen molar-refractivity contribution < 1.29 is 4.74 Å². The van der Waals surface area contributed by atoms with Gasteiger partial charge in [-0.3, -0.25) is 9.36 Å². The van der Waals surface area contributed by atoms with Crippen LogP contribution in [-0.2, 0) is 19.4 Å². The van der Waals surface area contributed by atoms with E-state index in [2.05, 4.69) is 19.1 Å². The highest BCUT2D eigenvalue weighted by molar-refractivity contribution is 7.18. The second-order valence-corrected chi connectivity index (χ2v) is 9.83. The molecule has 4 nitrogen and oxygen atoms in total. The summed E-state index contributed by atoms with van der Waals surface area (Å²) in [7, 11) is 0. The van der Waals surface area contributed by atoms with Gasteiger partial charge >= 0.3 is 0 Å². The number of hydrogen-bond acceptors (Lipinski definition) is 4. The maximum Gasteiger partial charge on any atom is 0.262 e. The molecule has 0 spiro atoms. The second kappa shape index (κ2) is 9.08. The van der Waals surface area contributed by atoms with Crippen molar-refractivity contribution in [2.75, 3.05) is 6.61 Å². The Kier molecular flexibility index (Phi) is 6.03. The molecule has 2 aromatic heterocycles. The monoisotopic (exact) mass is 464 g/mol. The molecule has 0 radical (unpaired) electrons. The van der Waals surface area contributed by atoms with Crippen molar-refractivity contribution in [3.63, 3.8) is 0 Å². The minimum atomic E-state index is 0.0809. The van der Waals surface area contributed by atoms with Gasteiger partial charge in [0.05, 0.1) is 12.0 Å². The summed E-state index contributed by atoms with van der Waals surface area (Å²) in [6, 6.07) is 15.6. The Bertz CT molecular complexity index is 1320. The first-order valence-corrected chi connectivity index (χ1v) is 12.3. The molecule has 4 aromatic rings.